The Labute approximate surface area is 138 Å². The third kappa shape index (κ3) is 5.30. The molecule has 0 aliphatic carbocycles. The summed E-state index contributed by atoms with van der Waals surface area (Å²) in [4.78, 5) is 22.4. The maximum atomic E-state index is 11.6. The number of hydrogen-bond acceptors (Lipinski definition) is 4. The Morgan fingerprint density at radius 1 is 1.04 bits per heavy atom. The fourth-order valence-electron chi connectivity index (χ4n) is 1.87. The van der Waals surface area contributed by atoms with Crippen LogP contribution in [0.4, 0.5) is 0 Å². The molecule has 120 valence electrons. The highest BCUT2D eigenvalue weighted by atomic mass is 35.5. The monoisotopic (exact) mass is 334 g/mol. The Morgan fingerprint density at radius 2 is 1.78 bits per heavy atom. The summed E-state index contributed by atoms with van der Waals surface area (Å²) in [6.45, 7) is 0.218. The molecule has 0 aromatic heterocycles. The van der Waals surface area contributed by atoms with Gasteiger partial charge in [0.25, 0.3) is 0 Å². The number of carbonyl (C=O) groups is 2. The fraction of sp³-hybridized carbons (Fsp3) is 0.176. The van der Waals surface area contributed by atoms with Crippen molar-refractivity contribution in [2.75, 3.05) is 13.2 Å². The lowest BCUT2D eigenvalue weighted by molar-refractivity contribution is -0.143. The second kappa shape index (κ2) is 8.19. The highest BCUT2D eigenvalue weighted by Gasteiger charge is 2.08. The van der Waals surface area contributed by atoms with Gasteiger partial charge in [0, 0.05) is 0 Å². The fourth-order valence-corrected chi connectivity index (χ4v) is 2.11. The Balaban J connectivity index is 1.75. The van der Waals surface area contributed by atoms with E-state index < -0.39 is 5.97 Å². The second-order valence-electron chi connectivity index (χ2n) is 4.68. The average molecular weight is 335 g/mol. The summed E-state index contributed by atoms with van der Waals surface area (Å²) in [6, 6.07) is 13.5. The molecule has 0 spiro atoms. The van der Waals surface area contributed by atoms with Crippen molar-refractivity contribution in [1.29, 1.82) is 0 Å². The van der Waals surface area contributed by atoms with Gasteiger partial charge in [0.2, 0.25) is 0 Å². The van der Waals surface area contributed by atoms with E-state index >= 15 is 0 Å². The number of aromatic carboxylic acids is 1. The molecule has 5 nitrogen and oxygen atoms in total. The third-order valence-electron chi connectivity index (χ3n) is 2.97. The van der Waals surface area contributed by atoms with Gasteiger partial charge >= 0.3 is 11.9 Å². The molecule has 6 heteroatoms. The van der Waals surface area contributed by atoms with E-state index in [1.807, 2.05) is 30.3 Å². The van der Waals surface area contributed by atoms with Crippen molar-refractivity contribution in [3.63, 3.8) is 0 Å². The molecule has 0 amide bonds. The summed E-state index contributed by atoms with van der Waals surface area (Å²) < 4.78 is 10.4. The number of ether oxygens (including phenoxy) is 2. The summed E-state index contributed by atoms with van der Waals surface area (Å²) >= 11 is 5.93. The molecule has 0 saturated carbocycles. The number of carboxylic acid groups (broad SMARTS) is 1. The van der Waals surface area contributed by atoms with Crippen molar-refractivity contribution < 1.29 is 24.2 Å². The van der Waals surface area contributed by atoms with E-state index in [9.17, 15) is 9.59 Å². The van der Waals surface area contributed by atoms with Crippen molar-refractivity contribution in [3.8, 4) is 5.75 Å². The Morgan fingerprint density at radius 3 is 2.43 bits per heavy atom. The van der Waals surface area contributed by atoms with Crippen molar-refractivity contribution in [3.05, 3.63) is 64.7 Å². The summed E-state index contributed by atoms with van der Waals surface area (Å²) in [5.41, 5.74) is 0.961. The summed E-state index contributed by atoms with van der Waals surface area (Å²) in [7, 11) is 0. The predicted molar refractivity (Wildman–Crippen MR) is 85.0 cm³/mol. The molecular weight excluding hydrogens is 320 g/mol. The lowest BCUT2D eigenvalue weighted by Gasteiger charge is -2.09. The van der Waals surface area contributed by atoms with Crippen molar-refractivity contribution in [2.24, 2.45) is 0 Å². The molecule has 2 rings (SSSR count). The summed E-state index contributed by atoms with van der Waals surface area (Å²) in [6.07, 6.45) is 0.203. The smallest absolute Gasteiger partial charge is 0.335 e. The Hall–Kier alpha value is -2.53. The van der Waals surface area contributed by atoms with Crippen LogP contribution in [0.3, 0.4) is 0 Å². The zero-order valence-corrected chi connectivity index (χ0v) is 13.0. The molecule has 2 aromatic carbocycles. The summed E-state index contributed by atoms with van der Waals surface area (Å²) in [5.74, 6) is -1.06. The predicted octanol–water partition coefficient (Wildman–Crippen LogP) is 3.20. The minimum absolute atomic E-state index is 0.0802. The van der Waals surface area contributed by atoms with Gasteiger partial charge in [-0.1, -0.05) is 41.9 Å². The van der Waals surface area contributed by atoms with Crippen molar-refractivity contribution in [1.82, 2.24) is 0 Å². The first-order valence-electron chi connectivity index (χ1n) is 6.91. The van der Waals surface area contributed by atoms with E-state index in [1.54, 1.807) is 0 Å². The van der Waals surface area contributed by atoms with Gasteiger partial charge in [-0.05, 0) is 23.8 Å². The van der Waals surface area contributed by atoms with Gasteiger partial charge < -0.3 is 14.6 Å². The van der Waals surface area contributed by atoms with Gasteiger partial charge in [0.15, 0.2) is 0 Å². The van der Waals surface area contributed by atoms with Gasteiger partial charge in [0.05, 0.1) is 17.0 Å². The standard InChI is InChI=1S/C17H15ClO5/c18-14-11-13(17(20)21)6-7-15(14)22-8-9-23-16(19)10-12-4-2-1-3-5-12/h1-7,11H,8-10H2,(H,20,21). The molecule has 0 unspecified atom stereocenters. The van der Waals surface area contributed by atoms with E-state index in [-0.39, 0.29) is 36.2 Å². The van der Waals surface area contributed by atoms with Crippen LogP contribution in [0, 0.1) is 0 Å². The van der Waals surface area contributed by atoms with E-state index in [1.165, 1.54) is 18.2 Å². The molecule has 0 aliphatic heterocycles. The van der Waals surface area contributed by atoms with E-state index in [4.69, 9.17) is 26.2 Å². The molecule has 23 heavy (non-hydrogen) atoms. The van der Waals surface area contributed by atoms with Gasteiger partial charge in [0.1, 0.15) is 19.0 Å². The molecule has 0 bridgehead atoms. The minimum atomic E-state index is -1.06. The Kier molecular flexibility index (Phi) is 6.00. The number of hydrogen-bond donors (Lipinski definition) is 1. The average Bonchev–Trinajstić information content (AvgIpc) is 2.53. The van der Waals surface area contributed by atoms with Crippen LogP contribution in [0.15, 0.2) is 48.5 Å². The number of benzene rings is 2. The maximum Gasteiger partial charge on any atom is 0.335 e. The second-order valence-corrected chi connectivity index (χ2v) is 5.09. The quantitative estimate of drug-likeness (QED) is 0.621. The maximum absolute atomic E-state index is 11.6. The Bertz CT molecular complexity index is 685. The van der Waals surface area contributed by atoms with Crippen molar-refractivity contribution in [2.45, 2.75) is 6.42 Å². The van der Waals surface area contributed by atoms with Gasteiger partial charge in [-0.3, -0.25) is 4.79 Å². The van der Waals surface area contributed by atoms with Crippen LogP contribution in [-0.4, -0.2) is 30.3 Å². The highest BCUT2D eigenvalue weighted by Crippen LogP contribution is 2.25. The number of rotatable bonds is 7. The highest BCUT2D eigenvalue weighted by molar-refractivity contribution is 6.32. The van der Waals surface area contributed by atoms with E-state index in [2.05, 4.69) is 0 Å². The van der Waals surface area contributed by atoms with Crippen LogP contribution in [0.2, 0.25) is 5.02 Å². The molecule has 0 aliphatic rings. The first kappa shape index (κ1) is 16.8. The van der Waals surface area contributed by atoms with Crippen LogP contribution < -0.4 is 4.74 Å². The summed E-state index contributed by atoms with van der Waals surface area (Å²) in [5, 5.41) is 9.03. The van der Waals surface area contributed by atoms with Crippen LogP contribution in [-0.2, 0) is 16.0 Å². The molecule has 0 atom stereocenters. The lowest BCUT2D eigenvalue weighted by Crippen LogP contribution is -2.14. The van der Waals surface area contributed by atoms with E-state index in [0.717, 1.165) is 5.56 Å². The van der Waals surface area contributed by atoms with E-state index in [0.29, 0.717) is 5.75 Å². The first-order valence-corrected chi connectivity index (χ1v) is 7.29. The van der Waals surface area contributed by atoms with Gasteiger partial charge in [-0.2, -0.15) is 0 Å². The van der Waals surface area contributed by atoms with Gasteiger partial charge in [-0.25, -0.2) is 4.79 Å². The normalized spacial score (nSPS) is 10.1. The molecular formula is C17H15ClO5. The topological polar surface area (TPSA) is 72.8 Å². The SMILES string of the molecule is O=C(Cc1ccccc1)OCCOc1ccc(C(=O)O)cc1Cl. The lowest BCUT2D eigenvalue weighted by atomic mass is 10.2. The zero-order valence-electron chi connectivity index (χ0n) is 12.2. The first-order chi connectivity index (χ1) is 11.1. The zero-order chi connectivity index (χ0) is 16.7. The molecule has 0 saturated heterocycles. The van der Waals surface area contributed by atoms with Crippen LogP contribution in [0.5, 0.6) is 5.75 Å². The molecule has 0 fully saturated rings. The molecule has 0 radical (unpaired) electrons. The van der Waals surface area contributed by atoms with Crippen LogP contribution in [0.25, 0.3) is 0 Å². The van der Waals surface area contributed by atoms with Crippen LogP contribution >= 0.6 is 11.6 Å². The number of esters is 1. The van der Waals surface area contributed by atoms with Crippen LogP contribution in [0.1, 0.15) is 15.9 Å². The minimum Gasteiger partial charge on any atom is -0.488 e. The van der Waals surface area contributed by atoms with Crippen molar-refractivity contribution >= 4 is 23.5 Å². The molecule has 2 aromatic rings. The third-order valence-corrected chi connectivity index (χ3v) is 3.27. The van der Waals surface area contributed by atoms with Gasteiger partial charge in [-0.15, -0.1) is 0 Å². The number of carboxylic acids is 1. The largest absolute Gasteiger partial charge is 0.488 e. The molecule has 1 N–H and O–H groups in total. The number of halogens is 1. The number of carbonyl (C=O) groups excluding carboxylic acids is 1. The molecule has 0 heterocycles.